The molecule has 1 unspecified atom stereocenters. The highest BCUT2D eigenvalue weighted by Crippen LogP contribution is 2.27. The molecule has 2 saturated heterocycles. The molecule has 0 aromatic carbocycles. The number of nitrogens with one attached hydrogen (secondary N) is 1. The number of piperazine rings is 1. The highest BCUT2D eigenvalue weighted by Gasteiger charge is 2.36. The van der Waals surface area contributed by atoms with Gasteiger partial charge in [-0.25, -0.2) is 0 Å². The van der Waals surface area contributed by atoms with E-state index in [1.54, 1.807) is 6.20 Å². The van der Waals surface area contributed by atoms with Gasteiger partial charge in [-0.2, -0.15) is 5.10 Å². The van der Waals surface area contributed by atoms with Crippen LogP contribution in [0.2, 0.25) is 0 Å². The van der Waals surface area contributed by atoms with Crippen LogP contribution in [0, 0.1) is 0 Å². The molecule has 0 bridgehead atoms. The zero-order valence-electron chi connectivity index (χ0n) is 10.4. The van der Waals surface area contributed by atoms with Gasteiger partial charge in [0.25, 0.3) is 0 Å². The van der Waals surface area contributed by atoms with Crippen LogP contribution >= 0.6 is 0 Å². The molecule has 3 heterocycles. The number of carbonyl (C=O) groups excluding carboxylic acids is 1. The number of aromatic amines is 1. The Balaban J connectivity index is 1.77. The van der Waals surface area contributed by atoms with Crippen LogP contribution < -0.4 is 5.73 Å². The largest absolute Gasteiger partial charge is 0.368 e. The molecule has 1 aromatic rings. The minimum Gasteiger partial charge on any atom is -0.368 e. The van der Waals surface area contributed by atoms with E-state index < -0.39 is 0 Å². The van der Waals surface area contributed by atoms with Crippen LogP contribution in [-0.4, -0.2) is 58.1 Å². The van der Waals surface area contributed by atoms with Crippen molar-refractivity contribution >= 4 is 5.91 Å². The average Bonchev–Trinajstić information content (AvgIpc) is 2.98. The maximum atomic E-state index is 11.7. The molecule has 3 N–H and O–H groups in total. The Kier molecular flexibility index (Phi) is 3.05. The van der Waals surface area contributed by atoms with E-state index in [0.717, 1.165) is 25.3 Å². The van der Waals surface area contributed by atoms with Crippen LogP contribution in [-0.2, 0) is 4.79 Å². The number of rotatable bonds is 3. The van der Waals surface area contributed by atoms with Crippen molar-refractivity contribution in [1.29, 1.82) is 0 Å². The molecule has 6 nitrogen and oxygen atoms in total. The van der Waals surface area contributed by atoms with Gasteiger partial charge in [-0.3, -0.25) is 19.7 Å². The lowest BCUT2D eigenvalue weighted by atomic mass is 10.1. The summed E-state index contributed by atoms with van der Waals surface area (Å²) in [5.74, 6) is -0.300. The first-order valence-corrected chi connectivity index (χ1v) is 6.52. The van der Waals surface area contributed by atoms with E-state index in [4.69, 9.17) is 5.73 Å². The van der Waals surface area contributed by atoms with Crippen molar-refractivity contribution < 1.29 is 4.79 Å². The highest BCUT2D eigenvalue weighted by atomic mass is 16.1. The van der Waals surface area contributed by atoms with Crippen LogP contribution in [0.4, 0.5) is 0 Å². The number of carbonyl (C=O) groups is 1. The van der Waals surface area contributed by atoms with E-state index in [1.165, 1.54) is 19.4 Å². The summed E-state index contributed by atoms with van der Waals surface area (Å²) < 4.78 is 0. The predicted molar refractivity (Wildman–Crippen MR) is 66.7 cm³/mol. The number of fused-ring (bicyclic) bond motifs is 1. The molecule has 2 fully saturated rings. The van der Waals surface area contributed by atoms with Gasteiger partial charge in [-0.15, -0.1) is 0 Å². The van der Waals surface area contributed by atoms with Gasteiger partial charge < -0.3 is 5.73 Å². The van der Waals surface area contributed by atoms with Crippen LogP contribution in [0.25, 0.3) is 0 Å². The maximum Gasteiger partial charge on any atom is 0.240 e. The fraction of sp³-hybridized carbons (Fsp3) is 0.667. The van der Waals surface area contributed by atoms with Gasteiger partial charge >= 0.3 is 0 Å². The molecule has 98 valence electrons. The summed E-state index contributed by atoms with van der Waals surface area (Å²) in [6.07, 6.45) is 4.16. The summed E-state index contributed by atoms with van der Waals surface area (Å²) in [6.45, 7) is 4.04. The molecule has 3 rings (SSSR count). The summed E-state index contributed by atoms with van der Waals surface area (Å²) in [6, 6.07) is 2.05. The molecule has 2 aliphatic rings. The van der Waals surface area contributed by atoms with E-state index in [0.29, 0.717) is 6.04 Å². The molecule has 0 saturated carbocycles. The van der Waals surface area contributed by atoms with E-state index in [2.05, 4.69) is 20.0 Å². The van der Waals surface area contributed by atoms with Crippen molar-refractivity contribution in [3.05, 3.63) is 18.0 Å². The Morgan fingerprint density at radius 1 is 1.50 bits per heavy atom. The Hall–Kier alpha value is -1.40. The normalized spacial score (nSPS) is 27.0. The maximum absolute atomic E-state index is 11.7. The van der Waals surface area contributed by atoms with Crippen molar-refractivity contribution in [3.63, 3.8) is 0 Å². The molecule has 2 aliphatic heterocycles. The first-order valence-electron chi connectivity index (χ1n) is 6.52. The second-order valence-corrected chi connectivity index (χ2v) is 5.14. The Morgan fingerprint density at radius 3 is 3.11 bits per heavy atom. The lowest BCUT2D eigenvalue weighted by Crippen LogP contribution is -2.53. The monoisotopic (exact) mass is 249 g/mol. The van der Waals surface area contributed by atoms with E-state index >= 15 is 0 Å². The number of aromatic nitrogens is 2. The summed E-state index contributed by atoms with van der Waals surface area (Å²) in [7, 11) is 0. The summed E-state index contributed by atoms with van der Waals surface area (Å²) >= 11 is 0. The zero-order valence-corrected chi connectivity index (χ0v) is 10.4. The Morgan fingerprint density at radius 2 is 2.39 bits per heavy atom. The molecule has 18 heavy (non-hydrogen) atoms. The predicted octanol–water partition coefficient (Wildman–Crippen LogP) is -0.284. The number of nitrogens with two attached hydrogens (primary N) is 1. The molecule has 0 spiro atoms. The van der Waals surface area contributed by atoms with Crippen LogP contribution in [0.5, 0.6) is 0 Å². The number of H-pyrrole nitrogens is 1. The lowest BCUT2D eigenvalue weighted by Gasteiger charge is -2.40. The third-order valence-electron chi connectivity index (χ3n) is 4.07. The molecule has 1 amide bonds. The lowest BCUT2D eigenvalue weighted by molar-refractivity contribution is -0.124. The fourth-order valence-electron chi connectivity index (χ4n) is 3.20. The molecule has 2 atom stereocenters. The smallest absolute Gasteiger partial charge is 0.240 e. The molecular formula is C12H19N5O. The number of amides is 1. The van der Waals surface area contributed by atoms with Gasteiger partial charge in [0.05, 0.1) is 5.69 Å². The van der Waals surface area contributed by atoms with Gasteiger partial charge in [0, 0.05) is 31.9 Å². The van der Waals surface area contributed by atoms with Crippen LogP contribution in [0.1, 0.15) is 24.6 Å². The highest BCUT2D eigenvalue weighted by molar-refractivity contribution is 5.80. The van der Waals surface area contributed by atoms with Crippen molar-refractivity contribution in [3.8, 4) is 0 Å². The first kappa shape index (κ1) is 11.7. The van der Waals surface area contributed by atoms with Gasteiger partial charge in [0.2, 0.25) is 5.91 Å². The third kappa shape index (κ3) is 2.02. The van der Waals surface area contributed by atoms with Crippen LogP contribution in [0.3, 0.4) is 0 Å². The van der Waals surface area contributed by atoms with Crippen molar-refractivity contribution in [2.24, 2.45) is 5.73 Å². The third-order valence-corrected chi connectivity index (χ3v) is 4.07. The molecular weight excluding hydrogens is 230 g/mol. The van der Waals surface area contributed by atoms with Gasteiger partial charge in [0.15, 0.2) is 0 Å². The molecule has 6 heteroatoms. The minimum atomic E-state index is -0.366. The summed E-state index contributed by atoms with van der Waals surface area (Å²) in [4.78, 5) is 16.4. The van der Waals surface area contributed by atoms with Crippen molar-refractivity contribution in [1.82, 2.24) is 20.0 Å². The van der Waals surface area contributed by atoms with Crippen LogP contribution in [0.15, 0.2) is 12.3 Å². The molecule has 0 radical (unpaired) electrons. The topological polar surface area (TPSA) is 78.2 Å². The van der Waals surface area contributed by atoms with Gasteiger partial charge in [0.1, 0.15) is 6.04 Å². The fourth-order valence-corrected chi connectivity index (χ4v) is 3.20. The number of hydrogen-bond donors (Lipinski definition) is 2. The zero-order chi connectivity index (χ0) is 12.5. The van der Waals surface area contributed by atoms with Crippen molar-refractivity contribution in [2.45, 2.75) is 24.9 Å². The average molecular weight is 249 g/mol. The summed E-state index contributed by atoms with van der Waals surface area (Å²) in [5, 5.41) is 6.79. The van der Waals surface area contributed by atoms with Crippen molar-refractivity contribution in [2.75, 3.05) is 26.2 Å². The summed E-state index contributed by atoms with van der Waals surface area (Å²) in [5.41, 5.74) is 6.35. The van der Waals surface area contributed by atoms with Gasteiger partial charge in [-0.1, -0.05) is 0 Å². The molecule has 0 aliphatic carbocycles. The molecule has 1 aromatic heterocycles. The van der Waals surface area contributed by atoms with E-state index in [-0.39, 0.29) is 11.9 Å². The number of nitrogens with zero attached hydrogens (tertiary/aromatic N) is 3. The SMILES string of the molecule is NC(=O)C(c1ccn[nH]1)N1CCN2CCC[C@@H]2C1. The number of hydrogen-bond acceptors (Lipinski definition) is 4. The minimum absolute atomic E-state index is 0.300. The van der Waals surface area contributed by atoms with E-state index in [9.17, 15) is 4.79 Å². The second-order valence-electron chi connectivity index (χ2n) is 5.14. The van der Waals surface area contributed by atoms with Gasteiger partial charge in [-0.05, 0) is 25.5 Å². The quantitative estimate of drug-likeness (QED) is 0.772. The number of primary amides is 1. The Bertz CT molecular complexity index is 418. The van der Waals surface area contributed by atoms with E-state index in [1.807, 2.05) is 6.07 Å². The second kappa shape index (κ2) is 4.70. The Labute approximate surface area is 106 Å². The first-order chi connectivity index (χ1) is 8.75. The standard InChI is InChI=1S/C12H19N5O/c13-12(18)11(10-3-4-14-15-10)17-7-6-16-5-1-2-9(16)8-17/h3-4,9,11H,1-2,5-8H2,(H2,13,18)(H,14,15)/t9-,11?/m1/s1.